The molecule has 5 nitrogen and oxygen atoms in total. The summed E-state index contributed by atoms with van der Waals surface area (Å²) in [6, 6.07) is 0. The van der Waals surface area contributed by atoms with Crippen molar-refractivity contribution in [2.24, 2.45) is 5.92 Å². The topological polar surface area (TPSA) is 72.8 Å². The smallest absolute Gasteiger partial charge is 0.347 e. The molecule has 2 unspecified atom stereocenters. The molecule has 0 aliphatic heterocycles. The van der Waals surface area contributed by atoms with E-state index in [0.717, 1.165) is 12.8 Å². The molecule has 0 bridgehead atoms. The fourth-order valence-electron chi connectivity index (χ4n) is 2.12. The Morgan fingerprint density at radius 2 is 1.43 bits per heavy atom. The Kier molecular flexibility index (Phi) is 8.55. The number of carbonyl (C=O) groups is 2. The highest BCUT2D eigenvalue weighted by molar-refractivity contribution is 5.80. The minimum Gasteiger partial charge on any atom is -0.460 e. The van der Waals surface area contributed by atoms with Crippen LogP contribution in [0.3, 0.4) is 0 Å². The standard InChI is InChI=1S/C16H30O5/c1-7-13(8-2)21-15(18)12(6)20-14(17)11(5)16(19,9-3)10-4/h11-13,19H,7-10H2,1-6H3. The number of hydrogen-bond donors (Lipinski definition) is 1. The van der Waals surface area contributed by atoms with Gasteiger partial charge in [-0.3, -0.25) is 4.79 Å². The minimum absolute atomic E-state index is 0.153. The molecule has 0 aromatic rings. The lowest BCUT2D eigenvalue weighted by molar-refractivity contribution is -0.177. The van der Waals surface area contributed by atoms with Crippen molar-refractivity contribution in [2.45, 2.75) is 85.0 Å². The first-order chi connectivity index (χ1) is 9.75. The van der Waals surface area contributed by atoms with Crippen LogP contribution >= 0.6 is 0 Å². The Labute approximate surface area is 128 Å². The van der Waals surface area contributed by atoms with Crippen LogP contribution in [0.25, 0.3) is 0 Å². The van der Waals surface area contributed by atoms with Crippen LogP contribution in [-0.4, -0.2) is 34.9 Å². The molecule has 0 heterocycles. The molecule has 1 N–H and O–H groups in total. The molecule has 0 rings (SSSR count). The van der Waals surface area contributed by atoms with Gasteiger partial charge in [0.2, 0.25) is 0 Å². The van der Waals surface area contributed by atoms with Crippen LogP contribution in [0, 0.1) is 5.92 Å². The summed E-state index contributed by atoms with van der Waals surface area (Å²) in [6.07, 6.45) is 1.24. The van der Waals surface area contributed by atoms with E-state index in [9.17, 15) is 14.7 Å². The molecule has 0 aromatic heterocycles. The van der Waals surface area contributed by atoms with Crippen molar-refractivity contribution in [1.29, 1.82) is 0 Å². The molecule has 21 heavy (non-hydrogen) atoms. The van der Waals surface area contributed by atoms with Gasteiger partial charge in [0.05, 0.1) is 11.5 Å². The van der Waals surface area contributed by atoms with E-state index in [4.69, 9.17) is 9.47 Å². The third-order valence-electron chi connectivity index (χ3n) is 4.20. The lowest BCUT2D eigenvalue weighted by atomic mass is 9.84. The Morgan fingerprint density at radius 3 is 1.81 bits per heavy atom. The summed E-state index contributed by atoms with van der Waals surface area (Å²) in [7, 11) is 0. The van der Waals surface area contributed by atoms with Gasteiger partial charge in [-0.15, -0.1) is 0 Å². The van der Waals surface area contributed by atoms with Gasteiger partial charge in [0.15, 0.2) is 6.10 Å². The number of hydrogen-bond acceptors (Lipinski definition) is 5. The molecular formula is C16H30O5. The fraction of sp³-hybridized carbons (Fsp3) is 0.875. The van der Waals surface area contributed by atoms with Gasteiger partial charge in [0.25, 0.3) is 0 Å². The molecule has 0 radical (unpaired) electrons. The van der Waals surface area contributed by atoms with Gasteiger partial charge >= 0.3 is 11.9 Å². The average Bonchev–Trinajstić information content (AvgIpc) is 2.50. The normalized spacial score (nSPS) is 14.7. The molecule has 0 spiro atoms. The van der Waals surface area contributed by atoms with E-state index < -0.39 is 29.6 Å². The lowest BCUT2D eigenvalue weighted by Crippen LogP contribution is -2.42. The molecule has 0 aromatic carbocycles. The Balaban J connectivity index is 4.60. The van der Waals surface area contributed by atoms with Crippen molar-refractivity contribution in [3.05, 3.63) is 0 Å². The zero-order chi connectivity index (χ0) is 16.6. The van der Waals surface area contributed by atoms with E-state index in [1.807, 2.05) is 27.7 Å². The lowest BCUT2D eigenvalue weighted by Gasteiger charge is -2.31. The number of esters is 2. The second kappa shape index (κ2) is 9.03. The summed E-state index contributed by atoms with van der Waals surface area (Å²) in [5.41, 5.74) is -1.10. The minimum atomic E-state index is -1.10. The van der Waals surface area contributed by atoms with Gasteiger partial charge in [0, 0.05) is 0 Å². The van der Waals surface area contributed by atoms with Crippen LogP contribution in [0.2, 0.25) is 0 Å². The third-order valence-corrected chi connectivity index (χ3v) is 4.20. The first-order valence-electron chi connectivity index (χ1n) is 7.88. The number of rotatable bonds is 9. The van der Waals surface area contributed by atoms with Crippen LogP contribution in [-0.2, 0) is 19.1 Å². The molecule has 2 atom stereocenters. The molecular weight excluding hydrogens is 272 g/mol. The van der Waals surface area contributed by atoms with Gasteiger partial charge in [-0.2, -0.15) is 0 Å². The van der Waals surface area contributed by atoms with Crippen LogP contribution in [0.5, 0.6) is 0 Å². The molecule has 0 aliphatic rings. The van der Waals surface area contributed by atoms with Gasteiger partial charge in [-0.05, 0) is 39.5 Å². The Hall–Kier alpha value is -1.10. The average molecular weight is 302 g/mol. The quantitative estimate of drug-likeness (QED) is 0.663. The number of aliphatic hydroxyl groups is 1. The van der Waals surface area contributed by atoms with E-state index in [2.05, 4.69) is 0 Å². The summed E-state index contributed by atoms with van der Waals surface area (Å²) in [5, 5.41) is 10.3. The van der Waals surface area contributed by atoms with E-state index in [1.165, 1.54) is 6.92 Å². The highest BCUT2D eigenvalue weighted by atomic mass is 16.6. The second-order valence-corrected chi connectivity index (χ2v) is 5.49. The highest BCUT2D eigenvalue weighted by Crippen LogP contribution is 2.26. The highest BCUT2D eigenvalue weighted by Gasteiger charge is 2.37. The van der Waals surface area contributed by atoms with E-state index in [-0.39, 0.29) is 6.10 Å². The molecule has 0 saturated carbocycles. The summed E-state index contributed by atoms with van der Waals surface area (Å²) in [6.45, 7) is 10.6. The predicted molar refractivity (Wildman–Crippen MR) is 80.7 cm³/mol. The van der Waals surface area contributed by atoms with Crippen LogP contribution in [0.1, 0.15) is 67.2 Å². The molecule has 0 amide bonds. The Morgan fingerprint density at radius 1 is 0.952 bits per heavy atom. The Bertz CT molecular complexity index is 332. The van der Waals surface area contributed by atoms with E-state index in [1.54, 1.807) is 6.92 Å². The zero-order valence-electron chi connectivity index (χ0n) is 14.1. The molecule has 124 valence electrons. The predicted octanol–water partition coefficient (Wildman–Crippen LogP) is 2.84. The molecule has 0 aliphatic carbocycles. The van der Waals surface area contributed by atoms with Crippen LogP contribution < -0.4 is 0 Å². The summed E-state index contributed by atoms with van der Waals surface area (Å²) in [5.74, 6) is -1.80. The summed E-state index contributed by atoms with van der Waals surface area (Å²) < 4.78 is 10.4. The van der Waals surface area contributed by atoms with Crippen molar-refractivity contribution in [3.63, 3.8) is 0 Å². The number of ether oxygens (including phenoxy) is 2. The van der Waals surface area contributed by atoms with Gasteiger partial charge in [-0.25, -0.2) is 4.79 Å². The van der Waals surface area contributed by atoms with Crippen molar-refractivity contribution < 1.29 is 24.2 Å². The maximum Gasteiger partial charge on any atom is 0.347 e. The van der Waals surface area contributed by atoms with Crippen molar-refractivity contribution >= 4 is 11.9 Å². The monoisotopic (exact) mass is 302 g/mol. The summed E-state index contributed by atoms with van der Waals surface area (Å²) >= 11 is 0. The van der Waals surface area contributed by atoms with Crippen molar-refractivity contribution in [2.75, 3.05) is 0 Å². The molecule has 0 fully saturated rings. The maximum absolute atomic E-state index is 12.1. The second-order valence-electron chi connectivity index (χ2n) is 5.49. The van der Waals surface area contributed by atoms with E-state index >= 15 is 0 Å². The van der Waals surface area contributed by atoms with Crippen molar-refractivity contribution in [1.82, 2.24) is 0 Å². The summed E-state index contributed by atoms with van der Waals surface area (Å²) in [4.78, 5) is 23.9. The van der Waals surface area contributed by atoms with Crippen LogP contribution in [0.4, 0.5) is 0 Å². The van der Waals surface area contributed by atoms with E-state index in [0.29, 0.717) is 12.8 Å². The largest absolute Gasteiger partial charge is 0.460 e. The third kappa shape index (κ3) is 5.65. The van der Waals surface area contributed by atoms with Gasteiger partial charge in [0.1, 0.15) is 6.10 Å². The van der Waals surface area contributed by atoms with Gasteiger partial charge < -0.3 is 14.6 Å². The molecule has 0 saturated heterocycles. The van der Waals surface area contributed by atoms with Gasteiger partial charge in [-0.1, -0.05) is 27.7 Å². The maximum atomic E-state index is 12.1. The first-order valence-corrected chi connectivity index (χ1v) is 7.88. The first kappa shape index (κ1) is 19.9. The SMILES string of the molecule is CCC(CC)OC(=O)C(C)OC(=O)C(C)C(O)(CC)CC. The zero-order valence-corrected chi connectivity index (χ0v) is 14.1. The molecule has 5 heteroatoms. The number of carbonyl (C=O) groups excluding carboxylic acids is 2. The fourth-order valence-corrected chi connectivity index (χ4v) is 2.12. The van der Waals surface area contributed by atoms with Crippen LogP contribution in [0.15, 0.2) is 0 Å². The van der Waals surface area contributed by atoms with Crippen molar-refractivity contribution in [3.8, 4) is 0 Å².